The zero-order valence-electron chi connectivity index (χ0n) is 25.5. The molecule has 41 heavy (non-hydrogen) atoms. The van der Waals surface area contributed by atoms with Crippen molar-refractivity contribution in [2.75, 3.05) is 20.3 Å². The molecule has 0 bridgehead atoms. The average Bonchev–Trinajstić information content (AvgIpc) is 3.31. The molecule has 3 saturated carbocycles. The van der Waals surface area contributed by atoms with E-state index in [2.05, 4.69) is 19.9 Å². The first kappa shape index (κ1) is 30.7. The van der Waals surface area contributed by atoms with Gasteiger partial charge in [-0.1, -0.05) is 56.0 Å². The fraction of sp³-hybridized carbons (Fsp3) is 0.735. The quantitative estimate of drug-likeness (QED) is 0.116. The molecule has 1 aromatic carbocycles. The minimum atomic E-state index is -3.67. The molecule has 0 radical (unpaired) electrons. The van der Waals surface area contributed by atoms with Crippen molar-refractivity contribution >= 4 is 16.1 Å². The van der Waals surface area contributed by atoms with Crippen molar-refractivity contribution in [3.05, 3.63) is 41.5 Å². The van der Waals surface area contributed by atoms with E-state index in [0.717, 1.165) is 82.3 Å². The van der Waals surface area contributed by atoms with Gasteiger partial charge in [-0.3, -0.25) is 8.98 Å². The molecule has 7 heteroatoms. The lowest BCUT2D eigenvalue weighted by Gasteiger charge is -2.58. The second-order valence-electron chi connectivity index (χ2n) is 13.7. The number of esters is 1. The highest BCUT2D eigenvalue weighted by Gasteiger charge is 2.60. The van der Waals surface area contributed by atoms with Gasteiger partial charge in [0.2, 0.25) is 0 Å². The zero-order valence-corrected chi connectivity index (χ0v) is 26.3. The van der Waals surface area contributed by atoms with Crippen molar-refractivity contribution in [1.29, 1.82) is 0 Å². The first-order chi connectivity index (χ1) is 19.6. The van der Waals surface area contributed by atoms with Gasteiger partial charge in [0.15, 0.2) is 0 Å². The van der Waals surface area contributed by atoms with Gasteiger partial charge in [-0.25, -0.2) is 0 Å². The number of ether oxygens (including phenoxy) is 2. The van der Waals surface area contributed by atoms with Gasteiger partial charge in [0.05, 0.1) is 30.6 Å². The van der Waals surface area contributed by atoms with Crippen LogP contribution in [0, 0.1) is 41.4 Å². The third kappa shape index (κ3) is 6.19. The van der Waals surface area contributed by atoms with E-state index in [1.165, 1.54) is 12.8 Å². The number of benzene rings is 1. The Bertz CT molecular complexity index is 1210. The molecule has 0 heterocycles. The van der Waals surface area contributed by atoms with Gasteiger partial charge in [-0.05, 0) is 112 Å². The summed E-state index contributed by atoms with van der Waals surface area (Å²) in [6.07, 6.45) is 15.5. The van der Waals surface area contributed by atoms with Crippen LogP contribution < -0.4 is 0 Å². The molecular formula is C34H50O6S. The van der Waals surface area contributed by atoms with Crippen molar-refractivity contribution in [2.24, 2.45) is 34.5 Å². The zero-order chi connectivity index (χ0) is 29.3. The maximum Gasteiger partial charge on any atom is 0.309 e. The third-order valence-corrected chi connectivity index (χ3v) is 12.8. The minimum absolute atomic E-state index is 0.00347. The number of methoxy groups -OCH3 is 1. The second kappa shape index (κ2) is 12.5. The average molecular weight is 587 g/mol. The fourth-order valence-electron chi connectivity index (χ4n) is 9.05. The van der Waals surface area contributed by atoms with E-state index in [0.29, 0.717) is 17.9 Å². The van der Waals surface area contributed by atoms with Crippen LogP contribution in [0.1, 0.15) is 96.5 Å². The van der Waals surface area contributed by atoms with E-state index in [1.54, 1.807) is 36.9 Å². The lowest BCUT2D eigenvalue weighted by Crippen LogP contribution is -2.51. The van der Waals surface area contributed by atoms with E-state index in [9.17, 15) is 13.2 Å². The Kier molecular flexibility index (Phi) is 9.37. The molecule has 228 valence electrons. The molecule has 0 N–H and O–H groups in total. The molecule has 4 aliphatic carbocycles. The molecule has 0 amide bonds. The number of rotatable bonds is 11. The summed E-state index contributed by atoms with van der Waals surface area (Å²) in [5.41, 5.74) is 3.01. The number of hydrogen-bond donors (Lipinski definition) is 0. The van der Waals surface area contributed by atoms with Gasteiger partial charge in [-0.15, -0.1) is 0 Å². The van der Waals surface area contributed by atoms with Gasteiger partial charge >= 0.3 is 5.97 Å². The molecule has 0 spiro atoms. The lowest BCUT2D eigenvalue weighted by atomic mass is 9.47. The van der Waals surface area contributed by atoms with Crippen LogP contribution in [0.4, 0.5) is 0 Å². The molecule has 0 unspecified atom stereocenters. The highest BCUT2D eigenvalue weighted by molar-refractivity contribution is 7.86. The molecule has 0 aliphatic heterocycles. The van der Waals surface area contributed by atoms with Crippen molar-refractivity contribution in [2.45, 2.75) is 109 Å². The third-order valence-electron chi connectivity index (χ3n) is 11.5. The Balaban J connectivity index is 1.03. The number of carbonyl (C=O) groups is 1. The molecule has 1 aromatic rings. The van der Waals surface area contributed by atoms with Crippen LogP contribution in [0.5, 0.6) is 0 Å². The lowest BCUT2D eigenvalue weighted by molar-refractivity contribution is -0.152. The minimum Gasteiger partial charge on any atom is -0.469 e. The standard InChI is InChI=1S/C34H50O6S/c1-24-9-12-27(13-10-24)41(36,37)40-22-8-6-5-7-21-39-26-17-19-33(2)25(23-26)11-14-28-29-15-16-31(32(35)38-4)34(29,3)20-18-30(28)33/h9-13,26,28-31H,5-8,14-23H2,1-4H3/t26-,28-,29-,30-,31+,33-,34-/m0/s1. The number of aryl methyl sites for hydroxylation is 1. The molecule has 7 atom stereocenters. The summed E-state index contributed by atoms with van der Waals surface area (Å²) < 4.78 is 41.4. The monoisotopic (exact) mass is 586 g/mol. The van der Waals surface area contributed by atoms with Crippen LogP contribution >= 0.6 is 0 Å². The summed E-state index contributed by atoms with van der Waals surface area (Å²) >= 11 is 0. The summed E-state index contributed by atoms with van der Waals surface area (Å²) in [7, 11) is -2.13. The Morgan fingerprint density at radius 1 is 0.927 bits per heavy atom. The molecule has 0 saturated heterocycles. The maximum absolute atomic E-state index is 12.6. The van der Waals surface area contributed by atoms with E-state index >= 15 is 0 Å². The Morgan fingerprint density at radius 2 is 1.66 bits per heavy atom. The number of hydrogen-bond acceptors (Lipinski definition) is 6. The van der Waals surface area contributed by atoms with Gasteiger partial charge in [0, 0.05) is 6.61 Å². The highest BCUT2D eigenvalue weighted by Crippen LogP contribution is 2.66. The molecule has 5 rings (SSSR count). The summed E-state index contributed by atoms with van der Waals surface area (Å²) in [6.45, 7) is 7.80. The van der Waals surface area contributed by atoms with Crippen molar-refractivity contribution in [3.8, 4) is 0 Å². The van der Waals surface area contributed by atoms with Crippen molar-refractivity contribution < 1.29 is 26.9 Å². The summed E-state index contributed by atoms with van der Waals surface area (Å²) in [6, 6.07) is 6.76. The topological polar surface area (TPSA) is 78.9 Å². The van der Waals surface area contributed by atoms with Crippen LogP contribution in [0.3, 0.4) is 0 Å². The first-order valence-corrected chi connectivity index (χ1v) is 17.3. The molecule has 3 fully saturated rings. The van der Waals surface area contributed by atoms with Crippen LogP contribution in [-0.4, -0.2) is 40.8 Å². The summed E-state index contributed by atoms with van der Waals surface area (Å²) in [5.74, 6) is 2.10. The smallest absolute Gasteiger partial charge is 0.309 e. The highest BCUT2D eigenvalue weighted by atomic mass is 32.2. The largest absolute Gasteiger partial charge is 0.469 e. The second-order valence-corrected chi connectivity index (χ2v) is 15.3. The first-order valence-electron chi connectivity index (χ1n) is 15.9. The number of unbranched alkanes of at least 4 members (excludes halogenated alkanes) is 3. The summed E-state index contributed by atoms with van der Waals surface area (Å²) in [5, 5.41) is 0. The van der Waals surface area contributed by atoms with E-state index in [4.69, 9.17) is 13.7 Å². The molecule has 6 nitrogen and oxygen atoms in total. The van der Waals surface area contributed by atoms with Crippen LogP contribution in [0.25, 0.3) is 0 Å². The van der Waals surface area contributed by atoms with Gasteiger partial charge < -0.3 is 9.47 Å². The van der Waals surface area contributed by atoms with Crippen LogP contribution in [0.2, 0.25) is 0 Å². The summed E-state index contributed by atoms with van der Waals surface area (Å²) in [4.78, 5) is 12.8. The van der Waals surface area contributed by atoms with E-state index in [1.807, 2.05) is 6.92 Å². The normalized spacial score (nSPS) is 34.7. The van der Waals surface area contributed by atoms with Crippen LogP contribution in [0.15, 0.2) is 40.8 Å². The molecule has 4 aliphatic rings. The van der Waals surface area contributed by atoms with Crippen molar-refractivity contribution in [1.82, 2.24) is 0 Å². The van der Waals surface area contributed by atoms with Crippen LogP contribution in [-0.2, 0) is 28.6 Å². The van der Waals surface area contributed by atoms with Gasteiger partial charge in [-0.2, -0.15) is 8.42 Å². The number of allylic oxidation sites excluding steroid dienone is 1. The predicted molar refractivity (Wildman–Crippen MR) is 160 cm³/mol. The van der Waals surface area contributed by atoms with Gasteiger partial charge in [0.1, 0.15) is 0 Å². The number of fused-ring (bicyclic) bond motifs is 5. The fourth-order valence-corrected chi connectivity index (χ4v) is 9.99. The maximum atomic E-state index is 12.6. The van der Waals surface area contributed by atoms with E-state index < -0.39 is 10.1 Å². The Hall–Kier alpha value is -1.70. The Morgan fingerprint density at radius 3 is 2.39 bits per heavy atom. The number of carbonyl (C=O) groups excluding carboxylic acids is 1. The van der Waals surface area contributed by atoms with Gasteiger partial charge in [0.25, 0.3) is 10.1 Å². The van der Waals surface area contributed by atoms with E-state index in [-0.39, 0.29) is 34.2 Å². The molecule has 0 aromatic heterocycles. The molecular weight excluding hydrogens is 536 g/mol. The SMILES string of the molecule is COC(=O)[C@H]1CC[C@H]2[C@@H]3CC=C4C[C@@H](OCCCCCCOS(=O)(=O)c5ccc(C)cc5)CC[C@]4(C)[C@H]3CC[C@]12C. The Labute approximate surface area is 247 Å². The predicted octanol–water partition coefficient (Wildman–Crippen LogP) is 7.40. The van der Waals surface area contributed by atoms with Crippen molar-refractivity contribution in [3.63, 3.8) is 0 Å².